The Morgan fingerprint density at radius 3 is 2.38 bits per heavy atom. The first-order valence-corrected chi connectivity index (χ1v) is 7.85. The number of esters is 2. The number of nitrogens with zero attached hydrogens (tertiary/aromatic N) is 1. The van der Waals surface area contributed by atoms with Gasteiger partial charge in [-0.3, -0.25) is 9.59 Å². The Morgan fingerprint density at radius 2 is 1.88 bits per heavy atom. The number of hydrogen-bond donors (Lipinski definition) is 0. The van der Waals surface area contributed by atoms with Crippen LogP contribution < -0.4 is 0 Å². The quantitative estimate of drug-likeness (QED) is 0.742. The molecule has 0 bridgehead atoms. The number of ether oxygens (including phenoxy) is 2. The van der Waals surface area contributed by atoms with E-state index in [0.29, 0.717) is 6.42 Å². The van der Waals surface area contributed by atoms with Crippen LogP contribution in [0.2, 0.25) is 0 Å². The van der Waals surface area contributed by atoms with E-state index in [0.717, 1.165) is 19.1 Å². The standard InChI is InChI=1S/C17H18F3NO5/c1-4-7-21-13(12(16(24)26-3)17(18,19)20)11-8-9(15(23)25-2)5-6-10(11)14(21)22/h5-6,8,12-13H,4,7H2,1-3H3. The molecule has 9 heteroatoms. The van der Waals surface area contributed by atoms with Crippen LogP contribution in [0.5, 0.6) is 0 Å². The molecule has 2 rings (SSSR count). The van der Waals surface area contributed by atoms with Crippen LogP contribution in [0.1, 0.15) is 45.7 Å². The molecule has 2 unspecified atom stereocenters. The van der Waals surface area contributed by atoms with E-state index in [-0.39, 0.29) is 23.2 Å². The summed E-state index contributed by atoms with van der Waals surface area (Å²) in [5.41, 5.74) is -0.0264. The molecule has 2 atom stereocenters. The molecule has 0 N–H and O–H groups in total. The summed E-state index contributed by atoms with van der Waals surface area (Å²) in [5, 5.41) is 0. The van der Waals surface area contributed by atoms with Crippen LogP contribution >= 0.6 is 0 Å². The van der Waals surface area contributed by atoms with Gasteiger partial charge in [0.15, 0.2) is 5.92 Å². The first-order valence-electron chi connectivity index (χ1n) is 7.85. The summed E-state index contributed by atoms with van der Waals surface area (Å²) in [6.07, 6.45) is -4.54. The third-order valence-electron chi connectivity index (χ3n) is 4.21. The van der Waals surface area contributed by atoms with Crippen molar-refractivity contribution in [2.24, 2.45) is 5.92 Å². The molecular formula is C17H18F3NO5. The maximum atomic E-state index is 13.6. The highest BCUT2D eigenvalue weighted by atomic mass is 19.4. The minimum Gasteiger partial charge on any atom is -0.468 e. The van der Waals surface area contributed by atoms with E-state index in [1.165, 1.54) is 18.2 Å². The summed E-state index contributed by atoms with van der Waals surface area (Å²) < 4.78 is 49.8. The van der Waals surface area contributed by atoms with Crippen LogP contribution in [0.15, 0.2) is 18.2 Å². The molecule has 26 heavy (non-hydrogen) atoms. The molecule has 142 valence electrons. The molecule has 1 aliphatic rings. The van der Waals surface area contributed by atoms with E-state index in [4.69, 9.17) is 0 Å². The molecule has 0 aromatic heterocycles. The fourth-order valence-electron chi connectivity index (χ4n) is 3.11. The van der Waals surface area contributed by atoms with Gasteiger partial charge in [0.25, 0.3) is 5.91 Å². The number of carbonyl (C=O) groups excluding carboxylic acids is 3. The average molecular weight is 373 g/mol. The minimum absolute atomic E-state index is 0.00631. The van der Waals surface area contributed by atoms with Crippen molar-refractivity contribution in [3.8, 4) is 0 Å². The summed E-state index contributed by atoms with van der Waals surface area (Å²) in [5.74, 6) is -5.43. The number of hydrogen-bond acceptors (Lipinski definition) is 5. The Bertz CT molecular complexity index is 732. The molecule has 6 nitrogen and oxygen atoms in total. The zero-order chi connectivity index (χ0) is 19.6. The number of rotatable bonds is 5. The Hall–Kier alpha value is -2.58. The first kappa shape index (κ1) is 19.7. The number of fused-ring (bicyclic) bond motifs is 1. The van der Waals surface area contributed by atoms with E-state index in [9.17, 15) is 27.6 Å². The predicted octanol–water partition coefficient (Wildman–Crippen LogP) is 2.73. The van der Waals surface area contributed by atoms with E-state index in [1.54, 1.807) is 6.92 Å². The van der Waals surface area contributed by atoms with Crippen LogP contribution in [0, 0.1) is 5.92 Å². The zero-order valence-corrected chi connectivity index (χ0v) is 14.4. The SMILES string of the molecule is CCCN1C(=O)c2ccc(C(=O)OC)cc2C1C(C(=O)OC)C(F)(F)F. The molecule has 0 saturated carbocycles. The van der Waals surface area contributed by atoms with Gasteiger partial charge in [-0.25, -0.2) is 4.79 Å². The summed E-state index contributed by atoms with van der Waals surface area (Å²) in [4.78, 5) is 37.2. The van der Waals surface area contributed by atoms with Gasteiger partial charge in [0.05, 0.1) is 25.8 Å². The monoisotopic (exact) mass is 373 g/mol. The lowest BCUT2D eigenvalue weighted by Crippen LogP contribution is -2.43. The number of carbonyl (C=O) groups is 3. The fourth-order valence-corrected chi connectivity index (χ4v) is 3.11. The van der Waals surface area contributed by atoms with Crippen molar-refractivity contribution in [3.05, 3.63) is 34.9 Å². The molecule has 0 fully saturated rings. The number of alkyl halides is 3. The molecule has 0 saturated heterocycles. The van der Waals surface area contributed by atoms with Gasteiger partial charge in [0.1, 0.15) is 0 Å². The van der Waals surface area contributed by atoms with Crippen LogP contribution in [0.25, 0.3) is 0 Å². The van der Waals surface area contributed by atoms with Crippen molar-refractivity contribution < 1.29 is 37.0 Å². The fraction of sp³-hybridized carbons (Fsp3) is 0.471. The lowest BCUT2D eigenvalue weighted by molar-refractivity contribution is -0.206. The second-order valence-electron chi connectivity index (χ2n) is 5.78. The van der Waals surface area contributed by atoms with E-state index >= 15 is 0 Å². The number of methoxy groups -OCH3 is 2. The molecule has 1 amide bonds. The molecule has 1 heterocycles. The summed E-state index contributed by atoms with van der Waals surface area (Å²) in [7, 11) is 1.99. The molecular weight excluding hydrogens is 355 g/mol. The third kappa shape index (κ3) is 3.38. The van der Waals surface area contributed by atoms with Crippen LogP contribution in [-0.4, -0.2) is 49.7 Å². The second-order valence-corrected chi connectivity index (χ2v) is 5.78. The highest BCUT2D eigenvalue weighted by Gasteiger charge is 2.56. The van der Waals surface area contributed by atoms with Crippen molar-refractivity contribution in [1.29, 1.82) is 0 Å². The van der Waals surface area contributed by atoms with Gasteiger partial charge in [0.2, 0.25) is 0 Å². The zero-order valence-electron chi connectivity index (χ0n) is 14.4. The maximum absolute atomic E-state index is 13.6. The van der Waals surface area contributed by atoms with Crippen molar-refractivity contribution in [2.75, 3.05) is 20.8 Å². The maximum Gasteiger partial charge on any atom is 0.404 e. The minimum atomic E-state index is -4.94. The van der Waals surface area contributed by atoms with Crippen molar-refractivity contribution in [1.82, 2.24) is 4.90 Å². The van der Waals surface area contributed by atoms with E-state index in [1.807, 2.05) is 0 Å². The third-order valence-corrected chi connectivity index (χ3v) is 4.21. The molecule has 1 aliphatic heterocycles. The van der Waals surface area contributed by atoms with Crippen molar-refractivity contribution in [2.45, 2.75) is 25.6 Å². The Kier molecular flexibility index (Phi) is 5.58. The normalized spacial score (nSPS) is 17.7. The number of amides is 1. The second kappa shape index (κ2) is 7.35. The van der Waals surface area contributed by atoms with Gasteiger partial charge in [-0.2, -0.15) is 13.2 Å². The van der Waals surface area contributed by atoms with Gasteiger partial charge in [0, 0.05) is 12.1 Å². The molecule has 1 aromatic rings. The highest BCUT2D eigenvalue weighted by Crippen LogP contribution is 2.46. The van der Waals surface area contributed by atoms with Gasteiger partial charge in [-0.1, -0.05) is 6.92 Å². The summed E-state index contributed by atoms with van der Waals surface area (Å²) in [6.45, 7) is 1.73. The van der Waals surface area contributed by atoms with E-state index < -0.39 is 36.0 Å². The van der Waals surface area contributed by atoms with Crippen LogP contribution in [-0.2, 0) is 14.3 Å². The first-order chi connectivity index (χ1) is 12.2. The Labute approximate surface area is 147 Å². The molecule has 0 spiro atoms. The van der Waals surface area contributed by atoms with Crippen molar-refractivity contribution >= 4 is 17.8 Å². The molecule has 1 aromatic carbocycles. The van der Waals surface area contributed by atoms with Gasteiger partial charge < -0.3 is 14.4 Å². The molecule has 0 radical (unpaired) electrons. The van der Waals surface area contributed by atoms with Gasteiger partial charge >= 0.3 is 18.1 Å². The van der Waals surface area contributed by atoms with Gasteiger partial charge in [-0.05, 0) is 30.2 Å². The highest BCUT2D eigenvalue weighted by molar-refractivity contribution is 6.01. The smallest absolute Gasteiger partial charge is 0.404 e. The van der Waals surface area contributed by atoms with Crippen molar-refractivity contribution in [3.63, 3.8) is 0 Å². The Balaban J connectivity index is 2.66. The number of halogens is 3. The summed E-state index contributed by atoms with van der Waals surface area (Å²) >= 11 is 0. The van der Waals surface area contributed by atoms with Gasteiger partial charge in [-0.15, -0.1) is 0 Å². The predicted molar refractivity (Wildman–Crippen MR) is 83.4 cm³/mol. The number of benzene rings is 1. The summed E-state index contributed by atoms with van der Waals surface area (Å²) in [6, 6.07) is 2.14. The average Bonchev–Trinajstić information content (AvgIpc) is 2.85. The molecule has 0 aliphatic carbocycles. The van der Waals surface area contributed by atoms with Crippen LogP contribution in [0.4, 0.5) is 13.2 Å². The lowest BCUT2D eigenvalue weighted by atomic mass is 9.90. The Morgan fingerprint density at radius 1 is 1.23 bits per heavy atom. The van der Waals surface area contributed by atoms with E-state index in [2.05, 4.69) is 9.47 Å². The topological polar surface area (TPSA) is 72.9 Å². The van der Waals surface area contributed by atoms with Crippen LogP contribution in [0.3, 0.4) is 0 Å². The largest absolute Gasteiger partial charge is 0.468 e. The lowest BCUT2D eigenvalue weighted by Gasteiger charge is -2.31.